The zero-order chi connectivity index (χ0) is 15.2. The number of hydrogen-bond donors (Lipinski definition) is 1. The molecule has 0 bridgehead atoms. The lowest BCUT2D eigenvalue weighted by Gasteiger charge is -2.10. The Morgan fingerprint density at radius 1 is 0.773 bits per heavy atom. The van der Waals surface area contributed by atoms with Gasteiger partial charge in [0.1, 0.15) is 0 Å². The van der Waals surface area contributed by atoms with Gasteiger partial charge in [0.05, 0.1) is 10.6 Å². The van der Waals surface area contributed by atoms with Crippen LogP contribution in [0, 0.1) is 0 Å². The van der Waals surface area contributed by atoms with Crippen LogP contribution in [0.15, 0.2) is 71.6 Å². The van der Waals surface area contributed by atoms with Crippen LogP contribution in [0.4, 0.5) is 0 Å². The molecule has 0 atom stereocenters. The molecule has 22 heavy (non-hydrogen) atoms. The van der Waals surface area contributed by atoms with Crippen molar-refractivity contribution in [2.75, 3.05) is 0 Å². The number of nitrogens with one attached hydrogen (secondary N) is 1. The molecule has 0 saturated carbocycles. The van der Waals surface area contributed by atoms with Gasteiger partial charge in [0.2, 0.25) is 0 Å². The van der Waals surface area contributed by atoms with Crippen molar-refractivity contribution in [2.45, 2.75) is 4.90 Å². The van der Waals surface area contributed by atoms with Crippen LogP contribution in [0.3, 0.4) is 0 Å². The summed E-state index contributed by atoms with van der Waals surface area (Å²) in [5.74, 6) is 0. The molecule has 3 aromatic rings. The zero-order valence-electron chi connectivity index (χ0n) is 11.7. The van der Waals surface area contributed by atoms with Gasteiger partial charge < -0.3 is 0 Å². The Balaban J connectivity index is 1.79. The van der Waals surface area contributed by atoms with Gasteiger partial charge in [0, 0.05) is 5.56 Å². The quantitative estimate of drug-likeness (QED) is 0.803. The fourth-order valence-corrected chi connectivity index (χ4v) is 3.93. The van der Waals surface area contributed by atoms with E-state index in [0.29, 0.717) is 5.70 Å². The smallest absolute Gasteiger partial charge is 0.261 e. The fraction of sp³-hybridized carbons (Fsp3) is 0. The summed E-state index contributed by atoms with van der Waals surface area (Å²) >= 11 is 0. The summed E-state index contributed by atoms with van der Waals surface area (Å²) in [6.07, 6.45) is 1.89. The van der Waals surface area contributed by atoms with Crippen molar-refractivity contribution in [3.8, 4) is 0 Å². The number of rotatable bonds is 3. The van der Waals surface area contributed by atoms with Gasteiger partial charge >= 0.3 is 0 Å². The molecule has 108 valence electrons. The van der Waals surface area contributed by atoms with Gasteiger partial charge in [0.25, 0.3) is 10.0 Å². The van der Waals surface area contributed by atoms with E-state index >= 15 is 0 Å². The van der Waals surface area contributed by atoms with Crippen LogP contribution in [0.5, 0.6) is 0 Å². The highest BCUT2D eigenvalue weighted by atomic mass is 32.2. The molecule has 4 heteroatoms. The van der Waals surface area contributed by atoms with Crippen LogP contribution in [-0.4, -0.2) is 8.42 Å². The minimum atomic E-state index is -3.58. The molecule has 0 amide bonds. The molecule has 3 nitrogen and oxygen atoms in total. The molecule has 1 aliphatic carbocycles. The Morgan fingerprint density at radius 2 is 1.50 bits per heavy atom. The summed E-state index contributed by atoms with van der Waals surface area (Å²) in [5.41, 5.74) is 2.59. The van der Waals surface area contributed by atoms with Gasteiger partial charge in [0.15, 0.2) is 0 Å². The average Bonchev–Trinajstić information content (AvgIpc) is 2.88. The van der Waals surface area contributed by atoms with E-state index < -0.39 is 10.0 Å². The molecule has 0 radical (unpaired) electrons. The maximum atomic E-state index is 12.5. The minimum Gasteiger partial charge on any atom is -0.279 e. The van der Waals surface area contributed by atoms with Crippen LogP contribution < -0.4 is 4.72 Å². The van der Waals surface area contributed by atoms with Gasteiger partial charge in [-0.2, -0.15) is 0 Å². The molecule has 0 unspecified atom stereocenters. The summed E-state index contributed by atoms with van der Waals surface area (Å²) in [6, 6.07) is 20.3. The van der Waals surface area contributed by atoms with Crippen LogP contribution in [0.2, 0.25) is 0 Å². The van der Waals surface area contributed by atoms with Crippen LogP contribution in [0.25, 0.3) is 22.5 Å². The first kappa shape index (κ1) is 13.1. The van der Waals surface area contributed by atoms with E-state index in [1.165, 1.54) is 0 Å². The van der Waals surface area contributed by atoms with Crippen LogP contribution in [0.1, 0.15) is 11.1 Å². The van der Waals surface area contributed by atoms with Crippen molar-refractivity contribution >= 4 is 32.6 Å². The predicted molar refractivity (Wildman–Crippen MR) is 88.6 cm³/mol. The molecule has 3 aromatic carbocycles. The normalized spacial score (nSPS) is 13.2. The van der Waals surface area contributed by atoms with Gasteiger partial charge in [-0.25, -0.2) is 8.42 Å². The van der Waals surface area contributed by atoms with Crippen molar-refractivity contribution in [2.24, 2.45) is 0 Å². The third-order valence-corrected chi connectivity index (χ3v) is 5.21. The van der Waals surface area contributed by atoms with Crippen molar-refractivity contribution in [3.63, 3.8) is 0 Å². The number of benzene rings is 3. The summed E-state index contributed by atoms with van der Waals surface area (Å²) < 4.78 is 27.7. The topological polar surface area (TPSA) is 46.2 Å². The van der Waals surface area contributed by atoms with Gasteiger partial charge in [-0.1, -0.05) is 54.6 Å². The van der Waals surface area contributed by atoms with E-state index in [0.717, 1.165) is 21.9 Å². The zero-order valence-corrected chi connectivity index (χ0v) is 12.5. The summed E-state index contributed by atoms with van der Waals surface area (Å²) in [4.78, 5) is 0.263. The molecule has 0 aromatic heterocycles. The second-order valence-electron chi connectivity index (χ2n) is 5.23. The Kier molecular flexibility index (Phi) is 2.81. The fourth-order valence-electron chi connectivity index (χ4n) is 2.84. The standard InChI is InChI=1S/C18H13NO2S/c20-22(21,15-9-2-1-3-10-15)19-17-12-14-8-4-6-13-7-5-11-16(17)18(13)14/h1-12,19H. The lowest BCUT2D eigenvalue weighted by molar-refractivity contribution is 0.592. The molecular weight excluding hydrogens is 294 g/mol. The lowest BCUT2D eigenvalue weighted by atomic mass is 10.0. The highest BCUT2D eigenvalue weighted by Crippen LogP contribution is 2.35. The van der Waals surface area contributed by atoms with E-state index in [4.69, 9.17) is 0 Å². The third-order valence-electron chi connectivity index (χ3n) is 3.82. The molecule has 0 spiro atoms. The van der Waals surface area contributed by atoms with Gasteiger partial charge in [-0.15, -0.1) is 0 Å². The Morgan fingerprint density at radius 3 is 2.27 bits per heavy atom. The van der Waals surface area contributed by atoms with Crippen molar-refractivity contribution in [1.82, 2.24) is 4.72 Å². The molecular formula is C18H13NO2S. The van der Waals surface area contributed by atoms with Crippen LogP contribution in [-0.2, 0) is 10.0 Å². The first-order valence-electron chi connectivity index (χ1n) is 6.97. The Bertz CT molecular complexity index is 1000. The second-order valence-corrected chi connectivity index (χ2v) is 6.91. The number of sulfonamides is 1. The lowest BCUT2D eigenvalue weighted by Crippen LogP contribution is -2.21. The molecule has 0 fully saturated rings. The molecule has 4 rings (SSSR count). The van der Waals surface area contributed by atoms with E-state index in [1.807, 2.05) is 42.5 Å². The van der Waals surface area contributed by atoms with E-state index in [1.54, 1.807) is 30.3 Å². The molecule has 0 aliphatic heterocycles. The van der Waals surface area contributed by atoms with E-state index in [-0.39, 0.29) is 4.90 Å². The minimum absolute atomic E-state index is 0.263. The molecule has 0 saturated heterocycles. The first-order valence-corrected chi connectivity index (χ1v) is 8.45. The molecule has 0 heterocycles. The molecule has 1 aliphatic rings. The first-order chi connectivity index (χ1) is 10.6. The van der Waals surface area contributed by atoms with Crippen molar-refractivity contribution < 1.29 is 8.42 Å². The third kappa shape index (κ3) is 2.00. The second kappa shape index (κ2) is 4.71. The Labute approximate surface area is 129 Å². The van der Waals surface area contributed by atoms with E-state index in [2.05, 4.69) is 4.72 Å². The van der Waals surface area contributed by atoms with Crippen molar-refractivity contribution in [1.29, 1.82) is 0 Å². The number of hydrogen-bond acceptors (Lipinski definition) is 2. The van der Waals surface area contributed by atoms with E-state index in [9.17, 15) is 8.42 Å². The largest absolute Gasteiger partial charge is 0.279 e. The summed E-state index contributed by atoms with van der Waals surface area (Å²) in [6.45, 7) is 0. The highest BCUT2D eigenvalue weighted by molar-refractivity contribution is 7.89. The summed E-state index contributed by atoms with van der Waals surface area (Å²) in [7, 11) is -3.58. The highest BCUT2D eigenvalue weighted by Gasteiger charge is 2.21. The SMILES string of the molecule is O=S(=O)(NC1=Cc2cccc3cccc1c23)c1ccccc1. The maximum absolute atomic E-state index is 12.5. The average molecular weight is 307 g/mol. The van der Waals surface area contributed by atoms with Crippen molar-refractivity contribution in [3.05, 3.63) is 77.9 Å². The van der Waals surface area contributed by atoms with Crippen LogP contribution >= 0.6 is 0 Å². The van der Waals surface area contributed by atoms with Gasteiger partial charge in [-0.05, 0) is 34.5 Å². The Hall–Kier alpha value is -2.59. The maximum Gasteiger partial charge on any atom is 0.261 e. The monoisotopic (exact) mass is 307 g/mol. The predicted octanol–water partition coefficient (Wildman–Crippen LogP) is 3.63. The molecule has 1 N–H and O–H groups in total. The van der Waals surface area contributed by atoms with Gasteiger partial charge in [-0.3, -0.25) is 4.72 Å². The summed E-state index contributed by atoms with van der Waals surface area (Å²) in [5, 5.41) is 2.20.